The molecule has 0 aliphatic carbocycles. The molecule has 0 saturated heterocycles. The Labute approximate surface area is 92.3 Å². The van der Waals surface area contributed by atoms with E-state index in [-0.39, 0.29) is 6.07 Å². The average Bonchev–Trinajstić information content (AvgIpc) is 2.14. The van der Waals surface area contributed by atoms with Gasteiger partial charge in [0, 0.05) is 6.07 Å². The number of pyridine rings is 1. The predicted molar refractivity (Wildman–Crippen MR) is 50.0 cm³/mol. The molecule has 0 spiro atoms. The zero-order chi connectivity index (χ0) is 13.4. The smallest absolute Gasteiger partial charge is 0.334 e. The first-order chi connectivity index (χ1) is 7.64. The first-order valence-corrected chi connectivity index (χ1v) is 5.41. The molecule has 17 heavy (non-hydrogen) atoms. The number of primary sulfonamides is 1. The van der Waals surface area contributed by atoms with Crippen LogP contribution in [0.4, 0.5) is 14.6 Å². The van der Waals surface area contributed by atoms with E-state index in [0.717, 1.165) is 0 Å². The normalized spacial score (nSPS) is 11.8. The molecule has 1 heterocycles. The summed E-state index contributed by atoms with van der Waals surface area (Å²) in [5.74, 6) is -1.39. The van der Waals surface area contributed by atoms with Crippen molar-refractivity contribution < 1.29 is 22.1 Å². The molecular formula is C6H5F2N3O5S. The Bertz CT molecular complexity index is 623. The van der Waals surface area contributed by atoms with Crippen LogP contribution in [0.3, 0.4) is 0 Å². The lowest BCUT2D eigenvalue weighted by atomic mass is 10.2. The number of halogens is 2. The molecular weight excluding hydrogens is 264 g/mol. The molecule has 11 heteroatoms. The van der Waals surface area contributed by atoms with Crippen LogP contribution in [0.5, 0.6) is 0 Å². The van der Waals surface area contributed by atoms with E-state index in [9.17, 15) is 32.1 Å². The second-order valence-corrected chi connectivity index (χ2v) is 4.39. The Morgan fingerprint density at radius 1 is 1.47 bits per heavy atom. The van der Waals surface area contributed by atoms with Crippen LogP contribution in [0, 0.1) is 10.1 Å². The Morgan fingerprint density at radius 3 is 2.35 bits per heavy atom. The third kappa shape index (κ3) is 2.62. The maximum Gasteiger partial charge on any atom is 0.334 e. The molecule has 0 fully saturated rings. The molecule has 0 aliphatic rings. The van der Waals surface area contributed by atoms with Gasteiger partial charge in [-0.25, -0.2) is 32.1 Å². The Hall–Kier alpha value is -1.88. The lowest BCUT2D eigenvalue weighted by molar-refractivity contribution is -0.391. The van der Waals surface area contributed by atoms with Crippen molar-refractivity contribution in [2.24, 2.45) is 5.14 Å². The van der Waals surface area contributed by atoms with Crippen molar-refractivity contribution >= 4 is 15.8 Å². The molecule has 0 saturated carbocycles. The third-order valence-electron chi connectivity index (χ3n) is 1.73. The van der Waals surface area contributed by atoms with E-state index < -0.39 is 43.2 Å². The van der Waals surface area contributed by atoms with Gasteiger partial charge in [0.15, 0.2) is 0 Å². The number of hydrogen-bond donors (Lipinski definition) is 2. The van der Waals surface area contributed by atoms with Gasteiger partial charge in [-0.1, -0.05) is 0 Å². The second-order valence-electron chi connectivity index (χ2n) is 2.86. The van der Waals surface area contributed by atoms with Crippen LogP contribution in [-0.4, -0.2) is 18.3 Å². The van der Waals surface area contributed by atoms with E-state index in [1.165, 1.54) is 4.98 Å². The number of nitro groups is 1. The zero-order valence-electron chi connectivity index (χ0n) is 7.88. The zero-order valence-corrected chi connectivity index (χ0v) is 8.70. The summed E-state index contributed by atoms with van der Waals surface area (Å²) in [6, 6.07) is 0.268. The largest absolute Gasteiger partial charge is 0.358 e. The number of H-pyrrole nitrogens is 1. The first kappa shape index (κ1) is 13.2. The summed E-state index contributed by atoms with van der Waals surface area (Å²) < 4.78 is 47.0. The minimum Gasteiger partial charge on any atom is -0.358 e. The molecule has 0 bridgehead atoms. The summed E-state index contributed by atoms with van der Waals surface area (Å²) in [6.45, 7) is 0. The van der Waals surface area contributed by atoms with Gasteiger partial charge in [0.1, 0.15) is 10.5 Å². The number of hydrogen-bond acceptors (Lipinski definition) is 5. The Morgan fingerprint density at radius 2 is 2.00 bits per heavy atom. The number of nitrogens with one attached hydrogen (secondary N) is 1. The number of sulfonamides is 1. The standard InChI is InChI=1S/C6H5F2N3O5S/c7-5(8)4-2(17(9,15)16)1-3(12)10-6(4)11(13)14/h1,5H,(H,10,12)(H2,9,15,16). The highest BCUT2D eigenvalue weighted by Gasteiger charge is 2.31. The quantitative estimate of drug-likeness (QED) is 0.581. The molecule has 0 amide bonds. The van der Waals surface area contributed by atoms with Gasteiger partial charge in [-0.05, 0) is 4.92 Å². The maximum atomic E-state index is 12.6. The lowest BCUT2D eigenvalue weighted by Gasteiger charge is -2.06. The summed E-state index contributed by atoms with van der Waals surface area (Å²) in [5, 5.41) is 15.0. The van der Waals surface area contributed by atoms with Gasteiger partial charge in [-0.3, -0.25) is 0 Å². The molecule has 3 N–H and O–H groups in total. The molecule has 0 radical (unpaired) electrons. The van der Waals surface area contributed by atoms with Crippen molar-refractivity contribution in [1.29, 1.82) is 0 Å². The van der Waals surface area contributed by atoms with Crippen LogP contribution in [-0.2, 0) is 10.0 Å². The van der Waals surface area contributed by atoms with Crippen LogP contribution in [0.1, 0.15) is 12.0 Å². The van der Waals surface area contributed by atoms with Crippen molar-refractivity contribution in [3.05, 3.63) is 32.1 Å². The third-order valence-corrected chi connectivity index (χ3v) is 2.68. The van der Waals surface area contributed by atoms with Crippen LogP contribution < -0.4 is 10.7 Å². The molecule has 94 valence electrons. The number of aromatic amines is 1. The number of nitrogens with two attached hydrogens (primary N) is 1. The van der Waals surface area contributed by atoms with Crippen LogP contribution in [0.25, 0.3) is 0 Å². The van der Waals surface area contributed by atoms with Crippen molar-refractivity contribution in [3.8, 4) is 0 Å². The van der Waals surface area contributed by atoms with Gasteiger partial charge in [0.25, 0.3) is 6.43 Å². The van der Waals surface area contributed by atoms with Crippen LogP contribution >= 0.6 is 0 Å². The number of aromatic nitrogens is 1. The molecule has 1 aromatic rings. The highest BCUT2D eigenvalue weighted by Crippen LogP contribution is 2.31. The van der Waals surface area contributed by atoms with E-state index >= 15 is 0 Å². The molecule has 0 aromatic carbocycles. The summed E-state index contributed by atoms with van der Waals surface area (Å²) in [7, 11) is -4.66. The fourth-order valence-electron chi connectivity index (χ4n) is 1.12. The topological polar surface area (TPSA) is 136 Å². The highest BCUT2D eigenvalue weighted by atomic mass is 32.2. The van der Waals surface area contributed by atoms with Crippen molar-refractivity contribution in [1.82, 2.24) is 4.98 Å². The summed E-state index contributed by atoms with van der Waals surface area (Å²) in [5.41, 5.74) is -2.65. The average molecular weight is 269 g/mol. The SMILES string of the molecule is NS(=O)(=O)c1cc(=O)[nH]c([N+](=O)[O-])c1C(F)F. The molecule has 0 aliphatic heterocycles. The van der Waals surface area contributed by atoms with E-state index in [1.54, 1.807) is 0 Å². The summed E-state index contributed by atoms with van der Waals surface area (Å²) in [6.07, 6.45) is -3.47. The minimum atomic E-state index is -4.66. The summed E-state index contributed by atoms with van der Waals surface area (Å²) in [4.78, 5) is 20.3. The number of rotatable bonds is 3. The van der Waals surface area contributed by atoms with Crippen molar-refractivity contribution in [2.75, 3.05) is 0 Å². The molecule has 1 aromatic heterocycles. The Kier molecular flexibility index (Phi) is 3.24. The lowest BCUT2D eigenvalue weighted by Crippen LogP contribution is -2.21. The minimum absolute atomic E-state index is 0.268. The fourth-order valence-corrected chi connectivity index (χ4v) is 1.89. The molecule has 8 nitrogen and oxygen atoms in total. The van der Waals surface area contributed by atoms with Crippen molar-refractivity contribution in [2.45, 2.75) is 11.3 Å². The van der Waals surface area contributed by atoms with E-state index in [2.05, 4.69) is 5.14 Å². The molecule has 0 unspecified atom stereocenters. The van der Waals surface area contributed by atoms with Gasteiger partial charge in [-0.2, -0.15) is 0 Å². The van der Waals surface area contributed by atoms with Gasteiger partial charge in [0.2, 0.25) is 10.0 Å². The molecule has 1 rings (SSSR count). The van der Waals surface area contributed by atoms with Crippen LogP contribution in [0.15, 0.2) is 15.8 Å². The van der Waals surface area contributed by atoms with Crippen molar-refractivity contribution in [3.63, 3.8) is 0 Å². The van der Waals surface area contributed by atoms with E-state index in [0.29, 0.717) is 0 Å². The number of nitrogens with zero attached hydrogens (tertiary/aromatic N) is 1. The fraction of sp³-hybridized carbons (Fsp3) is 0.167. The monoisotopic (exact) mass is 269 g/mol. The van der Waals surface area contributed by atoms with Gasteiger partial charge >= 0.3 is 11.4 Å². The first-order valence-electron chi connectivity index (χ1n) is 3.87. The van der Waals surface area contributed by atoms with Gasteiger partial charge in [0.05, 0.1) is 0 Å². The predicted octanol–water partition coefficient (Wildman–Crippen LogP) is -0.132. The maximum absolute atomic E-state index is 12.6. The number of alkyl halides is 2. The highest BCUT2D eigenvalue weighted by molar-refractivity contribution is 7.89. The second kappa shape index (κ2) is 4.18. The van der Waals surface area contributed by atoms with E-state index in [1.807, 2.05) is 0 Å². The Balaban J connectivity index is 3.83. The van der Waals surface area contributed by atoms with Gasteiger partial charge in [-0.15, -0.1) is 0 Å². The van der Waals surface area contributed by atoms with Gasteiger partial charge < -0.3 is 10.1 Å². The van der Waals surface area contributed by atoms with E-state index in [4.69, 9.17) is 0 Å². The summed E-state index contributed by atoms with van der Waals surface area (Å²) >= 11 is 0. The van der Waals surface area contributed by atoms with Crippen LogP contribution in [0.2, 0.25) is 0 Å². The molecule has 0 atom stereocenters.